The Hall–Kier alpha value is -4.92. The van der Waals surface area contributed by atoms with Crippen LogP contribution in [0, 0.1) is 0 Å². The van der Waals surface area contributed by atoms with Crippen LogP contribution >= 0.6 is 11.3 Å². The van der Waals surface area contributed by atoms with Crippen molar-refractivity contribution >= 4 is 74.8 Å². The average Bonchev–Trinajstić information content (AvgIpc) is 3.64. The topological polar surface area (TPSA) is 13.1 Å². The molecular formula is C38H22OS. The SMILES string of the molecule is c1ccc2cc(-c3c4ccccc4c(-c4cccc5sc6c(ccc7ccoc76)c45)c4ccccc34)ccc2c1. The molecule has 0 unspecified atom stereocenters. The van der Waals surface area contributed by atoms with Crippen LogP contribution in [0.5, 0.6) is 0 Å². The highest BCUT2D eigenvalue weighted by Gasteiger charge is 2.20. The number of fused-ring (bicyclic) bond motifs is 8. The van der Waals surface area contributed by atoms with Crippen molar-refractivity contribution in [2.24, 2.45) is 0 Å². The van der Waals surface area contributed by atoms with Gasteiger partial charge in [0.15, 0.2) is 5.58 Å². The van der Waals surface area contributed by atoms with Crippen molar-refractivity contribution in [3.8, 4) is 22.3 Å². The minimum Gasteiger partial charge on any atom is -0.463 e. The van der Waals surface area contributed by atoms with Gasteiger partial charge in [-0.1, -0.05) is 109 Å². The zero-order valence-corrected chi connectivity index (χ0v) is 22.3. The summed E-state index contributed by atoms with van der Waals surface area (Å²) in [5.41, 5.74) is 6.08. The first-order chi connectivity index (χ1) is 19.8. The van der Waals surface area contributed by atoms with Crippen LogP contribution in [-0.2, 0) is 0 Å². The summed E-state index contributed by atoms with van der Waals surface area (Å²) in [7, 11) is 0. The van der Waals surface area contributed by atoms with E-state index in [-0.39, 0.29) is 0 Å². The highest BCUT2D eigenvalue weighted by atomic mass is 32.1. The minimum absolute atomic E-state index is 0.978. The Labute approximate surface area is 234 Å². The Kier molecular flexibility index (Phi) is 4.55. The van der Waals surface area contributed by atoms with Gasteiger partial charge in [-0.25, -0.2) is 0 Å². The monoisotopic (exact) mass is 526 g/mol. The van der Waals surface area contributed by atoms with Crippen molar-refractivity contribution < 1.29 is 4.42 Å². The number of benzene rings is 7. The molecule has 0 amide bonds. The molecule has 40 heavy (non-hydrogen) atoms. The van der Waals surface area contributed by atoms with Crippen LogP contribution in [0.15, 0.2) is 138 Å². The molecule has 9 aromatic rings. The zero-order chi connectivity index (χ0) is 26.2. The van der Waals surface area contributed by atoms with Crippen molar-refractivity contribution in [1.82, 2.24) is 0 Å². The Morgan fingerprint density at radius 3 is 1.93 bits per heavy atom. The van der Waals surface area contributed by atoms with E-state index in [2.05, 4.69) is 121 Å². The van der Waals surface area contributed by atoms with Crippen molar-refractivity contribution in [3.05, 3.63) is 134 Å². The van der Waals surface area contributed by atoms with Gasteiger partial charge in [0.1, 0.15) is 0 Å². The predicted molar refractivity (Wildman–Crippen MR) is 172 cm³/mol. The molecule has 0 saturated heterocycles. The molecule has 9 rings (SSSR count). The average molecular weight is 527 g/mol. The van der Waals surface area contributed by atoms with E-state index in [0.29, 0.717) is 0 Å². The summed E-state index contributed by atoms with van der Waals surface area (Å²) >= 11 is 1.82. The molecule has 0 atom stereocenters. The molecule has 0 saturated carbocycles. The first kappa shape index (κ1) is 22.0. The number of thiophene rings is 1. The maximum atomic E-state index is 5.95. The van der Waals surface area contributed by atoms with Gasteiger partial charge >= 0.3 is 0 Å². The standard InChI is InChI=1S/C38H22OS/c1-2-9-25-22-26(17-16-23(25)8-1)34-27-10-3-5-12-29(27)35(30-13-6-4-11-28(30)34)31-14-7-15-33-36(31)32-19-18-24-20-21-39-37(24)38(32)40-33/h1-22H. The van der Waals surface area contributed by atoms with Gasteiger partial charge in [-0.15, -0.1) is 11.3 Å². The highest BCUT2D eigenvalue weighted by molar-refractivity contribution is 7.26. The molecule has 2 heterocycles. The van der Waals surface area contributed by atoms with Crippen LogP contribution in [0.25, 0.3) is 85.7 Å². The Morgan fingerprint density at radius 1 is 0.475 bits per heavy atom. The van der Waals surface area contributed by atoms with Gasteiger partial charge in [-0.05, 0) is 72.8 Å². The van der Waals surface area contributed by atoms with E-state index in [9.17, 15) is 0 Å². The van der Waals surface area contributed by atoms with Gasteiger partial charge in [0, 0.05) is 20.9 Å². The second-order valence-electron chi connectivity index (χ2n) is 10.5. The third kappa shape index (κ3) is 3.03. The van der Waals surface area contributed by atoms with Gasteiger partial charge in [0.2, 0.25) is 0 Å². The molecule has 2 aromatic heterocycles. The van der Waals surface area contributed by atoms with Gasteiger partial charge in [0.05, 0.1) is 11.0 Å². The van der Waals surface area contributed by atoms with E-state index in [1.165, 1.54) is 74.7 Å². The van der Waals surface area contributed by atoms with Gasteiger partial charge in [-0.3, -0.25) is 0 Å². The highest BCUT2D eigenvalue weighted by Crippen LogP contribution is 2.48. The van der Waals surface area contributed by atoms with Gasteiger partial charge < -0.3 is 4.42 Å². The Morgan fingerprint density at radius 2 is 1.15 bits per heavy atom. The smallest absolute Gasteiger partial charge is 0.151 e. The number of rotatable bonds is 2. The lowest BCUT2D eigenvalue weighted by Gasteiger charge is -2.18. The Bertz CT molecular complexity index is 2380. The van der Waals surface area contributed by atoms with Gasteiger partial charge in [0.25, 0.3) is 0 Å². The van der Waals surface area contributed by atoms with Crippen LogP contribution in [0.2, 0.25) is 0 Å². The fraction of sp³-hybridized carbons (Fsp3) is 0. The quantitative estimate of drug-likeness (QED) is 0.204. The largest absolute Gasteiger partial charge is 0.463 e. The second kappa shape index (κ2) is 8.29. The normalized spacial score (nSPS) is 12.0. The molecule has 186 valence electrons. The minimum atomic E-state index is 0.978. The second-order valence-corrected chi connectivity index (χ2v) is 11.5. The molecule has 2 heteroatoms. The molecule has 0 spiro atoms. The molecule has 0 aliphatic carbocycles. The van der Waals surface area contributed by atoms with Crippen LogP contribution in [0.3, 0.4) is 0 Å². The molecule has 0 radical (unpaired) electrons. The molecule has 0 fully saturated rings. The zero-order valence-electron chi connectivity index (χ0n) is 21.5. The predicted octanol–water partition coefficient (Wildman–Crippen LogP) is 11.6. The van der Waals surface area contributed by atoms with E-state index < -0.39 is 0 Å². The number of furan rings is 1. The molecule has 0 bridgehead atoms. The fourth-order valence-electron chi connectivity index (χ4n) is 6.59. The maximum absolute atomic E-state index is 5.95. The van der Waals surface area contributed by atoms with Crippen LogP contribution in [0.4, 0.5) is 0 Å². The summed E-state index contributed by atoms with van der Waals surface area (Å²) < 4.78 is 8.45. The molecular weight excluding hydrogens is 504 g/mol. The molecule has 0 aliphatic heterocycles. The third-order valence-corrected chi connectivity index (χ3v) is 9.49. The summed E-state index contributed by atoms with van der Waals surface area (Å²) in [4.78, 5) is 0. The van der Waals surface area contributed by atoms with E-state index >= 15 is 0 Å². The van der Waals surface area contributed by atoms with Gasteiger partial charge in [-0.2, -0.15) is 0 Å². The van der Waals surface area contributed by atoms with Crippen molar-refractivity contribution in [2.75, 3.05) is 0 Å². The fourth-order valence-corrected chi connectivity index (χ4v) is 7.82. The van der Waals surface area contributed by atoms with Crippen molar-refractivity contribution in [3.63, 3.8) is 0 Å². The van der Waals surface area contributed by atoms with E-state index in [1.807, 2.05) is 17.4 Å². The van der Waals surface area contributed by atoms with E-state index in [1.54, 1.807) is 6.26 Å². The summed E-state index contributed by atoms with van der Waals surface area (Å²) in [6.45, 7) is 0. The third-order valence-electron chi connectivity index (χ3n) is 8.32. The molecule has 0 N–H and O–H groups in total. The van der Waals surface area contributed by atoms with Crippen molar-refractivity contribution in [1.29, 1.82) is 0 Å². The van der Waals surface area contributed by atoms with E-state index in [4.69, 9.17) is 4.42 Å². The van der Waals surface area contributed by atoms with Crippen LogP contribution < -0.4 is 0 Å². The van der Waals surface area contributed by atoms with Crippen LogP contribution in [-0.4, -0.2) is 0 Å². The maximum Gasteiger partial charge on any atom is 0.151 e. The first-order valence-corrected chi connectivity index (χ1v) is 14.4. The number of hydrogen-bond acceptors (Lipinski definition) is 2. The summed E-state index contributed by atoms with van der Waals surface area (Å²) in [6.07, 6.45) is 1.79. The Balaban J connectivity index is 1.44. The molecule has 0 aliphatic rings. The lowest BCUT2D eigenvalue weighted by Crippen LogP contribution is -1.91. The summed E-state index contributed by atoms with van der Waals surface area (Å²) in [6, 6.07) is 46.5. The molecule has 1 nitrogen and oxygen atoms in total. The van der Waals surface area contributed by atoms with Crippen molar-refractivity contribution in [2.45, 2.75) is 0 Å². The summed E-state index contributed by atoms with van der Waals surface area (Å²) in [5, 5.41) is 11.3. The van der Waals surface area contributed by atoms with Crippen LogP contribution in [0.1, 0.15) is 0 Å². The summed E-state index contributed by atoms with van der Waals surface area (Å²) in [5.74, 6) is 0. The molecule has 7 aromatic carbocycles. The van der Waals surface area contributed by atoms with E-state index in [0.717, 1.165) is 11.0 Å². The lowest BCUT2D eigenvalue weighted by molar-refractivity contribution is 0.619. The first-order valence-electron chi connectivity index (χ1n) is 13.6. The number of hydrogen-bond donors (Lipinski definition) is 0. The lowest BCUT2D eigenvalue weighted by atomic mass is 9.84.